The average molecular weight is 301 g/mol. The third-order valence-electron chi connectivity index (χ3n) is 3.74. The maximum Gasteiger partial charge on any atom is 0.418 e. The van der Waals surface area contributed by atoms with Crippen LogP contribution in [0.1, 0.15) is 24.8 Å². The first-order valence-electron chi connectivity index (χ1n) is 6.77. The summed E-state index contributed by atoms with van der Waals surface area (Å²) in [4.78, 5) is 11.7. The molecule has 0 unspecified atom stereocenters. The van der Waals surface area contributed by atoms with E-state index in [-0.39, 0.29) is 11.1 Å². The molecule has 0 saturated heterocycles. The van der Waals surface area contributed by atoms with Gasteiger partial charge in [0.1, 0.15) is 0 Å². The Kier molecular flexibility index (Phi) is 4.41. The molecule has 1 aliphatic rings. The number of halogens is 3. The van der Waals surface area contributed by atoms with Gasteiger partial charge in [-0.05, 0) is 43.4 Å². The highest BCUT2D eigenvalue weighted by molar-refractivity contribution is 5.90. The van der Waals surface area contributed by atoms with Crippen LogP contribution in [0.3, 0.4) is 0 Å². The van der Waals surface area contributed by atoms with Gasteiger partial charge in [0.05, 0.1) is 11.3 Å². The molecular weight excluding hydrogens is 283 g/mol. The molecule has 0 spiro atoms. The topological polar surface area (TPSA) is 67.1 Å². The van der Waals surface area contributed by atoms with Gasteiger partial charge in [-0.25, -0.2) is 4.79 Å². The maximum atomic E-state index is 12.8. The van der Waals surface area contributed by atoms with Gasteiger partial charge in [0, 0.05) is 6.54 Å². The Morgan fingerprint density at radius 1 is 1.29 bits per heavy atom. The number of rotatable bonds is 5. The fourth-order valence-corrected chi connectivity index (χ4v) is 2.27. The van der Waals surface area contributed by atoms with Gasteiger partial charge in [-0.2, -0.15) is 13.2 Å². The number of hydrogen-bond donors (Lipinski definition) is 3. The highest BCUT2D eigenvalue weighted by Gasteiger charge is 2.41. The fourth-order valence-electron chi connectivity index (χ4n) is 2.27. The van der Waals surface area contributed by atoms with E-state index < -0.39 is 17.8 Å². The van der Waals surface area contributed by atoms with Crippen LogP contribution in [0.2, 0.25) is 0 Å². The zero-order chi connectivity index (χ0) is 15.5. The first kappa shape index (κ1) is 15.6. The zero-order valence-electron chi connectivity index (χ0n) is 11.5. The second-order valence-electron chi connectivity index (χ2n) is 5.39. The monoisotopic (exact) mass is 301 g/mol. The van der Waals surface area contributed by atoms with Crippen LogP contribution in [0.25, 0.3) is 0 Å². The van der Waals surface area contributed by atoms with Gasteiger partial charge in [0.2, 0.25) is 0 Å². The van der Waals surface area contributed by atoms with E-state index in [9.17, 15) is 18.0 Å². The molecule has 0 aromatic heterocycles. The molecule has 0 radical (unpaired) electrons. The van der Waals surface area contributed by atoms with Crippen LogP contribution in [-0.4, -0.2) is 19.1 Å². The summed E-state index contributed by atoms with van der Waals surface area (Å²) < 4.78 is 38.4. The molecule has 2 amide bonds. The van der Waals surface area contributed by atoms with Crippen molar-refractivity contribution in [2.45, 2.75) is 25.4 Å². The van der Waals surface area contributed by atoms with Gasteiger partial charge in [-0.1, -0.05) is 12.1 Å². The molecule has 0 aliphatic heterocycles. The van der Waals surface area contributed by atoms with Gasteiger partial charge in [0.25, 0.3) is 0 Å². The molecule has 116 valence electrons. The third-order valence-corrected chi connectivity index (χ3v) is 3.74. The lowest BCUT2D eigenvalue weighted by Gasteiger charge is -2.17. The first-order chi connectivity index (χ1) is 9.86. The summed E-state index contributed by atoms with van der Waals surface area (Å²) in [7, 11) is 0. The smallest absolute Gasteiger partial charge is 0.337 e. The van der Waals surface area contributed by atoms with E-state index in [1.54, 1.807) is 0 Å². The molecule has 1 aromatic carbocycles. The van der Waals surface area contributed by atoms with E-state index in [1.807, 2.05) is 0 Å². The number of nitrogens with one attached hydrogen (secondary N) is 2. The molecule has 4 nitrogen and oxygen atoms in total. The normalized spacial score (nSPS) is 16.4. The van der Waals surface area contributed by atoms with Crippen molar-refractivity contribution >= 4 is 11.7 Å². The van der Waals surface area contributed by atoms with Gasteiger partial charge in [0.15, 0.2) is 0 Å². The molecule has 4 N–H and O–H groups in total. The summed E-state index contributed by atoms with van der Waals surface area (Å²) in [5.74, 6) is 0. The molecule has 1 saturated carbocycles. The highest BCUT2D eigenvalue weighted by Crippen LogP contribution is 2.47. The van der Waals surface area contributed by atoms with Crippen molar-refractivity contribution in [3.63, 3.8) is 0 Å². The van der Waals surface area contributed by atoms with Gasteiger partial charge < -0.3 is 16.4 Å². The second kappa shape index (κ2) is 5.93. The summed E-state index contributed by atoms with van der Waals surface area (Å²) in [6.45, 7) is 0.977. The van der Waals surface area contributed by atoms with E-state index in [4.69, 9.17) is 5.73 Å². The van der Waals surface area contributed by atoms with Crippen molar-refractivity contribution in [1.29, 1.82) is 0 Å². The van der Waals surface area contributed by atoms with Crippen LogP contribution >= 0.6 is 0 Å². The standard InChI is InChI=1S/C14H18F3N3O/c15-14(16,17)10-3-1-2-4-11(10)20-12(21)19-9-13(5-6-13)7-8-18/h1-4H,5-9,18H2,(H2,19,20,21). The predicted octanol–water partition coefficient (Wildman–Crippen LogP) is 2.96. The lowest BCUT2D eigenvalue weighted by Crippen LogP contribution is -2.35. The van der Waals surface area contributed by atoms with Crippen LogP contribution in [-0.2, 0) is 6.18 Å². The Labute approximate surface area is 120 Å². The minimum absolute atomic E-state index is 0.0373. The Bertz CT molecular complexity index is 512. The Hall–Kier alpha value is -1.76. The molecule has 2 rings (SSSR count). The number of carbonyl (C=O) groups excluding carboxylic acids is 1. The van der Waals surface area contributed by atoms with Gasteiger partial charge in [-0.15, -0.1) is 0 Å². The molecular formula is C14H18F3N3O. The Morgan fingerprint density at radius 2 is 1.95 bits per heavy atom. The Morgan fingerprint density at radius 3 is 2.52 bits per heavy atom. The number of nitrogens with two attached hydrogens (primary N) is 1. The van der Waals surface area contributed by atoms with Crippen molar-refractivity contribution in [2.24, 2.45) is 11.1 Å². The lowest BCUT2D eigenvalue weighted by atomic mass is 10.0. The molecule has 21 heavy (non-hydrogen) atoms. The van der Waals surface area contributed by atoms with E-state index >= 15 is 0 Å². The number of benzene rings is 1. The van der Waals surface area contributed by atoms with Crippen molar-refractivity contribution in [3.05, 3.63) is 29.8 Å². The minimum atomic E-state index is -4.50. The lowest BCUT2D eigenvalue weighted by molar-refractivity contribution is -0.136. The van der Waals surface area contributed by atoms with Crippen LogP contribution in [0.5, 0.6) is 0 Å². The molecule has 0 heterocycles. The molecule has 1 aromatic rings. The SMILES string of the molecule is NCCC1(CNC(=O)Nc2ccccc2C(F)(F)F)CC1. The van der Waals surface area contributed by atoms with Crippen molar-refractivity contribution in [3.8, 4) is 0 Å². The maximum absolute atomic E-state index is 12.8. The molecule has 0 atom stereocenters. The largest absolute Gasteiger partial charge is 0.418 e. The zero-order valence-corrected chi connectivity index (χ0v) is 11.5. The van der Waals surface area contributed by atoms with Crippen molar-refractivity contribution in [1.82, 2.24) is 5.32 Å². The third kappa shape index (κ3) is 4.10. The number of hydrogen-bond acceptors (Lipinski definition) is 2. The second-order valence-corrected chi connectivity index (χ2v) is 5.39. The van der Waals surface area contributed by atoms with Crippen molar-refractivity contribution in [2.75, 3.05) is 18.4 Å². The number of alkyl halides is 3. The molecule has 1 fully saturated rings. The summed E-state index contributed by atoms with van der Waals surface area (Å²) in [5.41, 5.74) is 4.43. The average Bonchev–Trinajstić information content (AvgIpc) is 3.17. The van der Waals surface area contributed by atoms with Crippen LogP contribution < -0.4 is 16.4 Å². The van der Waals surface area contributed by atoms with Gasteiger partial charge >= 0.3 is 12.2 Å². The van der Waals surface area contributed by atoms with E-state index in [2.05, 4.69) is 10.6 Å². The minimum Gasteiger partial charge on any atom is -0.337 e. The summed E-state index contributed by atoms with van der Waals surface area (Å²) in [5, 5.41) is 4.88. The molecule has 7 heteroatoms. The summed E-state index contributed by atoms with van der Waals surface area (Å²) in [6, 6.07) is 4.27. The molecule has 0 bridgehead atoms. The number of carbonyl (C=O) groups is 1. The quantitative estimate of drug-likeness (QED) is 0.782. The number of para-hydroxylation sites is 1. The van der Waals surface area contributed by atoms with E-state index in [0.29, 0.717) is 13.1 Å². The summed E-state index contributed by atoms with van der Waals surface area (Å²) >= 11 is 0. The van der Waals surface area contributed by atoms with Crippen LogP contribution in [0, 0.1) is 5.41 Å². The number of urea groups is 1. The Balaban J connectivity index is 1.94. The number of anilines is 1. The van der Waals surface area contributed by atoms with Crippen molar-refractivity contribution < 1.29 is 18.0 Å². The van der Waals surface area contributed by atoms with Crippen LogP contribution in [0.15, 0.2) is 24.3 Å². The van der Waals surface area contributed by atoms with Gasteiger partial charge in [-0.3, -0.25) is 0 Å². The summed E-state index contributed by atoms with van der Waals surface area (Å²) in [6.07, 6.45) is -1.71. The van der Waals surface area contributed by atoms with E-state index in [0.717, 1.165) is 25.3 Å². The predicted molar refractivity (Wildman–Crippen MR) is 73.8 cm³/mol. The first-order valence-corrected chi connectivity index (χ1v) is 6.77. The number of amides is 2. The highest BCUT2D eigenvalue weighted by atomic mass is 19.4. The van der Waals surface area contributed by atoms with Crippen LogP contribution in [0.4, 0.5) is 23.7 Å². The molecule has 1 aliphatic carbocycles. The van der Waals surface area contributed by atoms with E-state index in [1.165, 1.54) is 18.2 Å². The fraction of sp³-hybridized carbons (Fsp3) is 0.500.